The van der Waals surface area contributed by atoms with Crippen molar-refractivity contribution in [2.24, 2.45) is 5.92 Å². The van der Waals surface area contributed by atoms with Crippen LogP contribution in [0.15, 0.2) is 85.2 Å². The number of carbonyl (C=O) groups excluding carboxylic acids is 4. The summed E-state index contributed by atoms with van der Waals surface area (Å²) in [5.74, 6) is 0.854. The van der Waals surface area contributed by atoms with Crippen LogP contribution in [0.3, 0.4) is 0 Å². The van der Waals surface area contributed by atoms with Crippen LogP contribution >= 0.6 is 0 Å². The molecular formula is C46H54N8O7. The van der Waals surface area contributed by atoms with E-state index in [9.17, 15) is 19.2 Å². The van der Waals surface area contributed by atoms with Crippen molar-refractivity contribution in [3.63, 3.8) is 0 Å². The molecule has 4 amide bonds. The summed E-state index contributed by atoms with van der Waals surface area (Å²) in [6, 6.07) is 22.8. The van der Waals surface area contributed by atoms with E-state index in [1.165, 1.54) is 21.3 Å². The summed E-state index contributed by atoms with van der Waals surface area (Å²) in [5.41, 5.74) is 7.75. The van der Waals surface area contributed by atoms with Gasteiger partial charge in [0.15, 0.2) is 0 Å². The number of aromatic amines is 2. The smallest absolute Gasteiger partial charge is 0.407 e. The first kappa shape index (κ1) is 42.6. The van der Waals surface area contributed by atoms with Gasteiger partial charge < -0.3 is 44.6 Å². The van der Waals surface area contributed by atoms with Gasteiger partial charge in [-0.3, -0.25) is 9.59 Å². The van der Waals surface area contributed by atoms with E-state index in [1.54, 1.807) is 18.0 Å². The first-order valence-electron chi connectivity index (χ1n) is 20.7. The lowest BCUT2D eigenvalue weighted by Gasteiger charge is -2.30. The van der Waals surface area contributed by atoms with Crippen LogP contribution in [0, 0.1) is 5.92 Å². The van der Waals surface area contributed by atoms with Gasteiger partial charge in [0, 0.05) is 25.8 Å². The molecule has 4 heterocycles. The third-order valence-electron chi connectivity index (χ3n) is 11.8. The van der Waals surface area contributed by atoms with Crippen molar-refractivity contribution < 1.29 is 33.4 Å². The zero-order valence-electron chi connectivity index (χ0n) is 35.4. The number of nitrogens with zero attached hydrogens (tertiary/aromatic N) is 4. The maximum atomic E-state index is 13.7. The van der Waals surface area contributed by atoms with Crippen molar-refractivity contribution in [2.75, 3.05) is 34.4 Å². The molecule has 5 unspecified atom stereocenters. The van der Waals surface area contributed by atoms with Crippen LogP contribution in [0.2, 0.25) is 0 Å². The maximum Gasteiger partial charge on any atom is 0.407 e. The number of ether oxygens (including phenoxy) is 3. The number of hydrogen-bond acceptors (Lipinski definition) is 9. The predicted molar refractivity (Wildman–Crippen MR) is 230 cm³/mol. The number of nitrogens with one attached hydrogen (secondary N) is 4. The monoisotopic (exact) mass is 830 g/mol. The third-order valence-corrected chi connectivity index (χ3v) is 11.8. The Balaban J connectivity index is 1.11. The van der Waals surface area contributed by atoms with E-state index in [0.717, 1.165) is 70.5 Å². The number of hydrogen-bond donors (Lipinski definition) is 4. The van der Waals surface area contributed by atoms with Gasteiger partial charge >= 0.3 is 12.2 Å². The van der Waals surface area contributed by atoms with Gasteiger partial charge in [0.25, 0.3) is 0 Å². The lowest BCUT2D eigenvalue weighted by molar-refractivity contribution is -0.137. The van der Waals surface area contributed by atoms with Crippen molar-refractivity contribution in [3.05, 3.63) is 96.8 Å². The predicted octanol–water partition coefficient (Wildman–Crippen LogP) is 7.27. The lowest BCUT2D eigenvalue weighted by Crippen LogP contribution is -2.54. The van der Waals surface area contributed by atoms with Crippen LogP contribution in [-0.4, -0.2) is 106 Å². The molecule has 4 N–H and O–H groups in total. The molecule has 7 rings (SSSR count). The first-order chi connectivity index (χ1) is 29.5. The Bertz CT molecular complexity index is 2330. The zero-order chi connectivity index (χ0) is 43.2. The number of benzene rings is 3. The van der Waals surface area contributed by atoms with Gasteiger partial charge in [-0.1, -0.05) is 80.6 Å². The fraction of sp³-hybridized carbons (Fsp3) is 0.391. The number of rotatable bonds is 13. The van der Waals surface area contributed by atoms with Crippen LogP contribution in [0.1, 0.15) is 70.2 Å². The summed E-state index contributed by atoms with van der Waals surface area (Å²) in [6.07, 6.45) is 4.83. The number of amides is 4. The van der Waals surface area contributed by atoms with Gasteiger partial charge in [-0.25, -0.2) is 19.6 Å². The number of imidazole rings is 2. The minimum absolute atomic E-state index is 0.125. The molecule has 0 radical (unpaired) electrons. The highest BCUT2D eigenvalue weighted by Gasteiger charge is 2.39. The van der Waals surface area contributed by atoms with Crippen LogP contribution in [0.25, 0.3) is 44.8 Å². The van der Waals surface area contributed by atoms with Crippen molar-refractivity contribution in [2.45, 2.75) is 76.7 Å². The molecule has 3 aromatic carbocycles. The second-order valence-electron chi connectivity index (χ2n) is 15.9. The van der Waals surface area contributed by atoms with Crippen LogP contribution in [0.5, 0.6) is 0 Å². The van der Waals surface area contributed by atoms with Crippen LogP contribution in [0.4, 0.5) is 9.59 Å². The van der Waals surface area contributed by atoms with Crippen molar-refractivity contribution in [1.82, 2.24) is 40.4 Å². The molecule has 15 heteroatoms. The van der Waals surface area contributed by atoms with Crippen LogP contribution < -0.4 is 10.6 Å². The topological polar surface area (TPSA) is 184 Å². The van der Waals surface area contributed by atoms with Crippen molar-refractivity contribution in [3.8, 4) is 44.8 Å². The van der Waals surface area contributed by atoms with E-state index in [-0.39, 0.29) is 29.8 Å². The largest absolute Gasteiger partial charge is 0.453 e. The molecule has 0 bridgehead atoms. The molecule has 0 saturated carbocycles. The molecular weight excluding hydrogens is 777 g/mol. The fourth-order valence-corrected chi connectivity index (χ4v) is 8.34. The quantitative estimate of drug-likeness (QED) is 0.0948. The van der Waals surface area contributed by atoms with Gasteiger partial charge in [-0.15, -0.1) is 0 Å². The molecule has 5 aromatic rings. The molecule has 0 aliphatic carbocycles. The van der Waals surface area contributed by atoms with Gasteiger partial charge in [0.2, 0.25) is 11.8 Å². The average molecular weight is 831 g/mol. The Morgan fingerprint density at radius 1 is 0.639 bits per heavy atom. The minimum Gasteiger partial charge on any atom is -0.453 e. The second kappa shape index (κ2) is 18.8. The Kier molecular flexibility index (Phi) is 13.2. The molecule has 0 spiro atoms. The molecule has 5 atom stereocenters. The molecule has 2 saturated heterocycles. The summed E-state index contributed by atoms with van der Waals surface area (Å²) < 4.78 is 15.0. The Labute approximate surface area is 355 Å². The van der Waals surface area contributed by atoms with E-state index in [1.807, 2.05) is 43.1 Å². The summed E-state index contributed by atoms with van der Waals surface area (Å²) in [4.78, 5) is 71.6. The van der Waals surface area contributed by atoms with E-state index < -0.39 is 30.4 Å². The number of methoxy groups -OCH3 is 3. The van der Waals surface area contributed by atoms with E-state index in [0.29, 0.717) is 24.7 Å². The number of alkyl carbamates (subject to hydrolysis) is 2. The van der Waals surface area contributed by atoms with Gasteiger partial charge in [-0.05, 0) is 72.4 Å². The Morgan fingerprint density at radius 3 is 1.67 bits per heavy atom. The number of aromatic nitrogens is 4. The summed E-state index contributed by atoms with van der Waals surface area (Å²) in [5, 5.41) is 5.34. The van der Waals surface area contributed by atoms with Crippen LogP contribution in [-0.2, 0) is 23.8 Å². The normalized spacial score (nSPS) is 17.8. The summed E-state index contributed by atoms with van der Waals surface area (Å²) in [6.45, 7) is 6.64. The molecule has 2 fully saturated rings. The third kappa shape index (κ3) is 9.16. The highest BCUT2D eigenvalue weighted by molar-refractivity contribution is 5.89. The average Bonchev–Trinajstić information content (AvgIpc) is 4.14. The second-order valence-corrected chi connectivity index (χ2v) is 15.9. The van der Waals surface area contributed by atoms with Gasteiger partial charge in [0.1, 0.15) is 23.7 Å². The van der Waals surface area contributed by atoms with E-state index >= 15 is 0 Å². The summed E-state index contributed by atoms with van der Waals surface area (Å²) in [7, 11) is 4.05. The fourth-order valence-electron chi connectivity index (χ4n) is 8.34. The summed E-state index contributed by atoms with van der Waals surface area (Å²) >= 11 is 0. The number of H-pyrrole nitrogens is 2. The van der Waals surface area contributed by atoms with E-state index in [4.69, 9.17) is 24.2 Å². The van der Waals surface area contributed by atoms with E-state index in [2.05, 4.69) is 75.2 Å². The standard InChI is InChI=1S/C46H54N8O7/c1-27(2)39(51-45(57)60-5)43(55)53-22-10-14-37(53)42-48-26-36(50-42)32-20-21-33(34(24-32)29-12-8-7-9-13-29)30-16-18-31(19-17-30)35-25-47-41(49-35)38-15-11-23-54(38)44(56)40(28(3)59-4)52-46(58)61-6/h7-9,12-13,16-21,24-28,37-40H,10-11,14-15,22-23H2,1-6H3,(H,47,49)(H,48,50)(H,51,57)(H,52,58). The molecule has 2 aliphatic heterocycles. The number of carbonyl (C=O) groups is 4. The van der Waals surface area contributed by atoms with Gasteiger partial charge in [0.05, 0.1) is 56.2 Å². The molecule has 2 aliphatic rings. The maximum absolute atomic E-state index is 13.7. The number of likely N-dealkylation sites (tertiary alicyclic amines) is 2. The highest BCUT2D eigenvalue weighted by atomic mass is 16.5. The minimum atomic E-state index is -0.908. The van der Waals surface area contributed by atoms with Crippen molar-refractivity contribution in [1.29, 1.82) is 0 Å². The Hall–Kier alpha value is -6.48. The van der Waals surface area contributed by atoms with Gasteiger partial charge in [-0.2, -0.15) is 0 Å². The zero-order valence-corrected chi connectivity index (χ0v) is 35.4. The Morgan fingerprint density at radius 2 is 1.13 bits per heavy atom. The SMILES string of the molecule is COC(=O)NC(C(=O)N1CCCC1c1ncc(-c2ccc(-c3ccc(-c4cnc(C5CCCN5C(=O)C(NC(=O)OC)C(C)OC)[nH]4)cc3)c(-c3ccccc3)c2)[nH]1)C(C)C. The lowest BCUT2D eigenvalue weighted by atomic mass is 9.91. The highest BCUT2D eigenvalue weighted by Crippen LogP contribution is 2.38. The molecule has 15 nitrogen and oxygen atoms in total. The van der Waals surface area contributed by atoms with Crippen molar-refractivity contribution >= 4 is 24.0 Å². The molecule has 2 aromatic heterocycles. The molecule has 320 valence electrons. The molecule has 61 heavy (non-hydrogen) atoms. The first-order valence-corrected chi connectivity index (χ1v) is 20.7.